The molecule has 0 fully saturated rings. The fourth-order valence-corrected chi connectivity index (χ4v) is 2.94. The number of carbonyl (C=O) groups excluding carboxylic acids is 2. The third-order valence-electron chi connectivity index (χ3n) is 4.58. The quantitative estimate of drug-likeness (QED) is 0.845. The van der Waals surface area contributed by atoms with E-state index >= 15 is 0 Å². The van der Waals surface area contributed by atoms with Crippen molar-refractivity contribution in [3.8, 4) is 0 Å². The van der Waals surface area contributed by atoms with Gasteiger partial charge < -0.3 is 4.90 Å². The first-order valence-corrected chi connectivity index (χ1v) is 8.86. The highest BCUT2D eigenvalue weighted by Crippen LogP contribution is 2.29. The van der Waals surface area contributed by atoms with Crippen molar-refractivity contribution in [3.63, 3.8) is 0 Å². The van der Waals surface area contributed by atoms with E-state index in [-0.39, 0.29) is 18.2 Å². The number of benzene rings is 2. The summed E-state index contributed by atoms with van der Waals surface area (Å²) in [6, 6.07) is 17.0. The van der Waals surface area contributed by atoms with E-state index in [2.05, 4.69) is 0 Å². The summed E-state index contributed by atoms with van der Waals surface area (Å²) in [6.07, 6.45) is 0. The smallest absolute Gasteiger partial charge is 0.251 e. The van der Waals surface area contributed by atoms with Crippen LogP contribution in [-0.4, -0.2) is 30.0 Å². The first-order valence-electron chi connectivity index (χ1n) is 8.86. The van der Waals surface area contributed by atoms with Gasteiger partial charge in [-0.2, -0.15) is 0 Å². The van der Waals surface area contributed by atoms with Crippen LogP contribution in [0.1, 0.15) is 38.8 Å². The molecule has 0 saturated heterocycles. The van der Waals surface area contributed by atoms with Gasteiger partial charge in [0.2, 0.25) is 0 Å². The average Bonchev–Trinajstić information content (AvgIpc) is 2.72. The number of nitrogens with zero attached hydrogens (tertiary/aromatic N) is 2. The second-order valence-corrected chi connectivity index (χ2v) is 7.63. The first kappa shape index (κ1) is 18.1. The number of hydrogen-bond donors (Lipinski definition) is 0. The molecule has 0 N–H and O–H groups in total. The Morgan fingerprint density at radius 3 is 2.31 bits per heavy atom. The van der Waals surface area contributed by atoms with Gasteiger partial charge in [0.05, 0.1) is 17.9 Å². The number of ketones is 1. The number of hydrogen-bond acceptors (Lipinski definition) is 3. The lowest BCUT2D eigenvalue weighted by Crippen LogP contribution is -2.43. The zero-order valence-electron chi connectivity index (χ0n) is 15.7. The molecule has 1 aliphatic rings. The van der Waals surface area contributed by atoms with Gasteiger partial charge in [0.25, 0.3) is 5.91 Å². The Morgan fingerprint density at radius 1 is 1.04 bits per heavy atom. The van der Waals surface area contributed by atoms with Crippen LogP contribution < -0.4 is 4.90 Å². The van der Waals surface area contributed by atoms with E-state index < -0.39 is 11.5 Å². The molecule has 1 amide bonds. The standard InChI is InChI=1S/C22H24N2O2/c1-15-21(26)24(14-19(25)22(2,3)4)18-13-9-8-12-17(18)20(23-15)16-10-6-5-7-11-16/h5-13,15H,14H2,1-4H3/t15-/m0/s1. The molecule has 0 bridgehead atoms. The van der Waals surface area contributed by atoms with Gasteiger partial charge in [-0.1, -0.05) is 69.3 Å². The Hall–Kier alpha value is -2.75. The Labute approximate surface area is 154 Å². The molecule has 4 heteroatoms. The third kappa shape index (κ3) is 3.45. The zero-order valence-corrected chi connectivity index (χ0v) is 15.7. The van der Waals surface area contributed by atoms with Crippen LogP contribution in [0, 0.1) is 5.41 Å². The summed E-state index contributed by atoms with van der Waals surface area (Å²) in [4.78, 5) is 31.9. The largest absolute Gasteiger partial charge is 0.302 e. The van der Waals surface area contributed by atoms with Crippen molar-refractivity contribution in [2.24, 2.45) is 10.4 Å². The van der Waals surface area contributed by atoms with Gasteiger partial charge in [0, 0.05) is 16.5 Å². The van der Waals surface area contributed by atoms with Crippen molar-refractivity contribution < 1.29 is 9.59 Å². The Balaban J connectivity index is 2.12. The fourth-order valence-electron chi connectivity index (χ4n) is 2.94. The second-order valence-electron chi connectivity index (χ2n) is 7.63. The first-order chi connectivity index (χ1) is 12.3. The highest BCUT2D eigenvalue weighted by atomic mass is 16.2. The summed E-state index contributed by atoms with van der Waals surface area (Å²) in [5.74, 6) is -0.128. The summed E-state index contributed by atoms with van der Waals surface area (Å²) in [6.45, 7) is 7.46. The summed E-state index contributed by atoms with van der Waals surface area (Å²) >= 11 is 0. The summed E-state index contributed by atoms with van der Waals surface area (Å²) < 4.78 is 0. The van der Waals surface area contributed by atoms with Crippen LogP contribution in [-0.2, 0) is 9.59 Å². The summed E-state index contributed by atoms with van der Waals surface area (Å²) in [7, 11) is 0. The minimum atomic E-state index is -0.551. The number of aliphatic imine (C=N–C) groups is 1. The maximum Gasteiger partial charge on any atom is 0.251 e. The van der Waals surface area contributed by atoms with Crippen molar-refractivity contribution in [1.82, 2.24) is 0 Å². The van der Waals surface area contributed by atoms with E-state index in [1.807, 2.05) is 75.4 Å². The maximum absolute atomic E-state index is 13.0. The fraction of sp³-hybridized carbons (Fsp3) is 0.318. The van der Waals surface area contributed by atoms with Crippen molar-refractivity contribution in [2.75, 3.05) is 11.4 Å². The lowest BCUT2D eigenvalue weighted by molar-refractivity contribution is -0.127. The molecule has 2 aromatic rings. The van der Waals surface area contributed by atoms with Gasteiger partial charge >= 0.3 is 0 Å². The van der Waals surface area contributed by atoms with E-state index in [0.29, 0.717) is 0 Å². The molecule has 4 nitrogen and oxygen atoms in total. The SMILES string of the molecule is C[C@@H]1N=C(c2ccccc2)c2ccccc2N(CC(=O)C(C)(C)C)C1=O. The van der Waals surface area contributed by atoms with Gasteiger partial charge in [-0.25, -0.2) is 0 Å². The minimum absolute atomic E-state index is 0.0241. The molecule has 0 aliphatic carbocycles. The van der Waals surface area contributed by atoms with E-state index in [9.17, 15) is 9.59 Å². The molecule has 3 rings (SSSR count). The zero-order chi connectivity index (χ0) is 18.9. The summed E-state index contributed by atoms with van der Waals surface area (Å²) in [5.41, 5.74) is 2.85. The number of carbonyl (C=O) groups is 2. The maximum atomic E-state index is 13.0. The summed E-state index contributed by atoms with van der Waals surface area (Å²) in [5, 5.41) is 0. The Morgan fingerprint density at radius 2 is 1.65 bits per heavy atom. The average molecular weight is 348 g/mol. The normalized spacial score (nSPS) is 17.4. The number of amides is 1. The molecule has 0 unspecified atom stereocenters. The molecule has 1 atom stereocenters. The van der Waals surface area contributed by atoms with Crippen LogP contribution in [0.2, 0.25) is 0 Å². The van der Waals surface area contributed by atoms with E-state index in [1.54, 1.807) is 11.8 Å². The van der Waals surface area contributed by atoms with Crippen LogP contribution in [0.4, 0.5) is 5.69 Å². The van der Waals surface area contributed by atoms with Gasteiger partial charge in [0.1, 0.15) is 6.04 Å². The highest BCUT2D eigenvalue weighted by Gasteiger charge is 2.33. The number of Topliss-reactive ketones (excluding diaryl/α,β-unsaturated/α-hetero) is 1. The van der Waals surface area contributed by atoms with Crippen LogP contribution in [0.5, 0.6) is 0 Å². The second kappa shape index (κ2) is 6.87. The van der Waals surface area contributed by atoms with Crippen molar-refractivity contribution in [3.05, 3.63) is 65.7 Å². The number of rotatable bonds is 3. The molecule has 0 radical (unpaired) electrons. The predicted octanol–water partition coefficient (Wildman–Crippen LogP) is 3.87. The molecule has 1 aliphatic heterocycles. The molecule has 1 heterocycles. The van der Waals surface area contributed by atoms with Gasteiger partial charge in [-0.15, -0.1) is 0 Å². The molecule has 0 spiro atoms. The van der Waals surface area contributed by atoms with E-state index in [4.69, 9.17) is 4.99 Å². The van der Waals surface area contributed by atoms with E-state index in [0.717, 1.165) is 22.5 Å². The van der Waals surface area contributed by atoms with E-state index in [1.165, 1.54) is 0 Å². The molecular formula is C22H24N2O2. The number of fused-ring (bicyclic) bond motifs is 1. The van der Waals surface area contributed by atoms with Gasteiger partial charge in [-0.05, 0) is 13.0 Å². The van der Waals surface area contributed by atoms with Crippen molar-refractivity contribution in [2.45, 2.75) is 33.7 Å². The Kier molecular flexibility index (Phi) is 4.77. The van der Waals surface area contributed by atoms with Crippen LogP contribution in [0.25, 0.3) is 0 Å². The predicted molar refractivity (Wildman–Crippen MR) is 105 cm³/mol. The molecule has 26 heavy (non-hydrogen) atoms. The molecule has 2 aromatic carbocycles. The number of para-hydroxylation sites is 1. The lowest BCUT2D eigenvalue weighted by Gasteiger charge is -2.27. The molecule has 0 saturated carbocycles. The lowest BCUT2D eigenvalue weighted by atomic mass is 9.90. The molecule has 0 aromatic heterocycles. The molecular weight excluding hydrogens is 324 g/mol. The molecule has 134 valence electrons. The number of anilines is 1. The van der Waals surface area contributed by atoms with Gasteiger partial charge in [0.15, 0.2) is 5.78 Å². The topological polar surface area (TPSA) is 49.7 Å². The monoisotopic (exact) mass is 348 g/mol. The third-order valence-corrected chi connectivity index (χ3v) is 4.58. The highest BCUT2D eigenvalue weighted by molar-refractivity contribution is 6.20. The Bertz CT molecular complexity index is 863. The van der Waals surface area contributed by atoms with Crippen molar-refractivity contribution >= 4 is 23.1 Å². The van der Waals surface area contributed by atoms with Crippen LogP contribution in [0.15, 0.2) is 59.6 Å². The minimum Gasteiger partial charge on any atom is -0.302 e. The van der Waals surface area contributed by atoms with Crippen LogP contribution >= 0.6 is 0 Å². The number of benzodiazepines with no additional fused rings is 1. The van der Waals surface area contributed by atoms with Gasteiger partial charge in [-0.3, -0.25) is 14.6 Å². The van der Waals surface area contributed by atoms with Crippen LogP contribution in [0.3, 0.4) is 0 Å². The van der Waals surface area contributed by atoms with Crippen molar-refractivity contribution in [1.29, 1.82) is 0 Å².